The number of likely N-dealkylation sites (N-methyl/N-ethyl adjacent to an activating group) is 1. The highest BCUT2D eigenvalue weighted by atomic mass is 19.1. The van der Waals surface area contributed by atoms with Gasteiger partial charge in [0.1, 0.15) is 29.6 Å². The second-order valence-electron chi connectivity index (χ2n) is 10.1. The highest BCUT2D eigenvalue weighted by Crippen LogP contribution is 2.29. The van der Waals surface area contributed by atoms with Crippen molar-refractivity contribution in [3.05, 3.63) is 101 Å². The van der Waals surface area contributed by atoms with E-state index < -0.39 is 29.9 Å². The number of carbonyl (C=O) groups is 3. The number of hydrazine groups is 1. The van der Waals surface area contributed by atoms with E-state index in [2.05, 4.69) is 5.32 Å². The lowest BCUT2D eigenvalue weighted by atomic mass is 9.98. The molecule has 0 radical (unpaired) electrons. The van der Waals surface area contributed by atoms with E-state index in [1.807, 2.05) is 42.5 Å². The van der Waals surface area contributed by atoms with Crippen molar-refractivity contribution >= 4 is 17.8 Å². The molecule has 2 aliphatic rings. The number of benzene rings is 3. The normalized spacial score (nSPS) is 19.3. The fourth-order valence-corrected chi connectivity index (χ4v) is 5.34. The number of rotatable bonds is 7. The van der Waals surface area contributed by atoms with Crippen LogP contribution in [0.15, 0.2) is 72.8 Å². The number of nitrogens with one attached hydrogen (secondary N) is 1. The fourth-order valence-electron chi connectivity index (χ4n) is 5.34. The predicted octanol–water partition coefficient (Wildman–Crippen LogP) is 3.15. The first-order valence-corrected chi connectivity index (χ1v) is 13.2. The molecule has 0 aliphatic carbocycles. The maximum Gasteiger partial charge on any atom is 0.334 e. The van der Waals surface area contributed by atoms with Gasteiger partial charge in [-0.1, -0.05) is 48.5 Å². The number of fused-ring (bicyclic) bond motifs is 1. The molecule has 5 rings (SSSR count). The number of hydrogen-bond acceptors (Lipinski definition) is 5. The summed E-state index contributed by atoms with van der Waals surface area (Å²) in [5.74, 6) is -1.54. The molecule has 2 atom stereocenters. The lowest BCUT2D eigenvalue weighted by Crippen LogP contribution is -2.76. The van der Waals surface area contributed by atoms with Gasteiger partial charge in [0.15, 0.2) is 0 Å². The second-order valence-corrected chi connectivity index (χ2v) is 10.1. The monoisotopic (exact) mass is 563 g/mol. The van der Waals surface area contributed by atoms with Crippen LogP contribution in [0.1, 0.15) is 16.7 Å². The SMILES string of the molecule is COc1ccc(C[C@H]2C(=O)N(Cc3ccc(F)cc3F)CC3N2C(=O)CN(C)N3C(=O)NCc2ccccc2)cc1. The van der Waals surface area contributed by atoms with Crippen molar-refractivity contribution in [2.45, 2.75) is 31.7 Å². The third-order valence-electron chi connectivity index (χ3n) is 7.40. The van der Waals surface area contributed by atoms with Crippen molar-refractivity contribution in [2.24, 2.45) is 0 Å². The summed E-state index contributed by atoms with van der Waals surface area (Å²) >= 11 is 0. The van der Waals surface area contributed by atoms with Crippen LogP contribution in [0.3, 0.4) is 0 Å². The van der Waals surface area contributed by atoms with Crippen molar-refractivity contribution in [1.82, 2.24) is 25.1 Å². The van der Waals surface area contributed by atoms with Gasteiger partial charge in [0.25, 0.3) is 0 Å². The largest absolute Gasteiger partial charge is 0.497 e. The summed E-state index contributed by atoms with van der Waals surface area (Å²) < 4.78 is 33.4. The zero-order chi connectivity index (χ0) is 29.1. The number of halogens is 2. The average molecular weight is 564 g/mol. The maximum absolute atomic E-state index is 14.6. The van der Waals surface area contributed by atoms with Gasteiger partial charge < -0.3 is 19.9 Å². The molecule has 2 heterocycles. The fraction of sp³-hybridized carbons (Fsp3) is 0.300. The van der Waals surface area contributed by atoms with Crippen LogP contribution >= 0.6 is 0 Å². The molecule has 41 heavy (non-hydrogen) atoms. The molecule has 9 nitrogen and oxygen atoms in total. The van der Waals surface area contributed by atoms with Gasteiger partial charge in [0.2, 0.25) is 11.8 Å². The third kappa shape index (κ3) is 5.99. The van der Waals surface area contributed by atoms with Crippen molar-refractivity contribution in [1.29, 1.82) is 0 Å². The molecule has 0 bridgehead atoms. The van der Waals surface area contributed by atoms with Gasteiger partial charge in [-0.05, 0) is 29.3 Å². The molecule has 2 saturated heterocycles. The molecular formula is C30H31F2N5O4. The summed E-state index contributed by atoms with van der Waals surface area (Å²) in [5.41, 5.74) is 1.81. The topological polar surface area (TPSA) is 85.4 Å². The lowest BCUT2D eigenvalue weighted by molar-refractivity contribution is -0.187. The Kier molecular flexibility index (Phi) is 8.16. The smallest absolute Gasteiger partial charge is 0.334 e. The van der Waals surface area contributed by atoms with E-state index in [1.165, 1.54) is 25.9 Å². The van der Waals surface area contributed by atoms with Gasteiger partial charge in [-0.25, -0.2) is 23.6 Å². The minimum absolute atomic E-state index is 0.0520. The Bertz CT molecular complexity index is 1420. The summed E-state index contributed by atoms with van der Waals surface area (Å²) in [5, 5.41) is 5.87. The van der Waals surface area contributed by atoms with Crippen LogP contribution in [0.5, 0.6) is 5.75 Å². The first-order chi connectivity index (χ1) is 19.7. The van der Waals surface area contributed by atoms with Gasteiger partial charge in [-0.3, -0.25) is 9.59 Å². The first kappa shape index (κ1) is 28.0. The number of hydrogen-bond donors (Lipinski definition) is 1. The minimum atomic E-state index is -0.948. The molecule has 3 aromatic rings. The molecule has 11 heteroatoms. The quantitative estimate of drug-likeness (QED) is 0.478. The second kappa shape index (κ2) is 11.9. The Morgan fingerprint density at radius 3 is 2.41 bits per heavy atom. The van der Waals surface area contributed by atoms with E-state index in [-0.39, 0.29) is 50.0 Å². The zero-order valence-electron chi connectivity index (χ0n) is 22.8. The molecule has 1 N–H and O–H groups in total. The van der Waals surface area contributed by atoms with Gasteiger partial charge in [0.05, 0.1) is 20.2 Å². The Hall–Kier alpha value is -4.51. The molecular weight excluding hydrogens is 532 g/mol. The number of ether oxygens (including phenoxy) is 1. The molecule has 3 aromatic carbocycles. The van der Waals surface area contributed by atoms with Gasteiger partial charge >= 0.3 is 6.03 Å². The highest BCUT2D eigenvalue weighted by Gasteiger charge is 2.50. The number of amides is 4. The number of nitrogens with zero attached hydrogens (tertiary/aromatic N) is 4. The van der Waals surface area contributed by atoms with E-state index in [0.29, 0.717) is 5.75 Å². The molecule has 1 unspecified atom stereocenters. The van der Waals surface area contributed by atoms with E-state index in [9.17, 15) is 23.2 Å². The number of methoxy groups -OCH3 is 1. The standard InChI is InChI=1S/C30H31F2N5O4/c1-34-19-28(38)36-26(14-20-8-12-24(41-2)13-9-20)29(39)35(17-22-10-11-23(31)15-25(22)32)18-27(36)37(34)30(40)33-16-21-6-4-3-5-7-21/h3-13,15,26-27H,14,16-19H2,1-2H3,(H,33,40)/t26-,27?/m0/s1. The summed E-state index contributed by atoms with van der Waals surface area (Å²) in [6.07, 6.45) is -0.669. The molecule has 2 aliphatic heterocycles. The molecule has 0 spiro atoms. The number of piperazine rings is 1. The van der Waals surface area contributed by atoms with Crippen molar-refractivity contribution in [3.8, 4) is 5.75 Å². The predicted molar refractivity (Wildman–Crippen MR) is 146 cm³/mol. The van der Waals surface area contributed by atoms with Crippen molar-refractivity contribution in [2.75, 3.05) is 27.2 Å². The Balaban J connectivity index is 1.47. The molecule has 4 amide bonds. The maximum atomic E-state index is 14.6. The first-order valence-electron chi connectivity index (χ1n) is 13.2. The summed E-state index contributed by atoms with van der Waals surface area (Å²) in [7, 11) is 3.19. The minimum Gasteiger partial charge on any atom is -0.497 e. The Morgan fingerprint density at radius 1 is 1.00 bits per heavy atom. The summed E-state index contributed by atoms with van der Waals surface area (Å²) in [4.78, 5) is 43.7. The van der Waals surface area contributed by atoms with Gasteiger partial charge in [-0.2, -0.15) is 0 Å². The van der Waals surface area contributed by atoms with E-state index in [0.717, 1.165) is 23.3 Å². The summed E-state index contributed by atoms with van der Waals surface area (Å²) in [6, 6.07) is 18.4. The van der Waals surface area contributed by atoms with E-state index >= 15 is 0 Å². The molecule has 2 fully saturated rings. The van der Waals surface area contributed by atoms with Crippen LogP contribution in [0.2, 0.25) is 0 Å². The van der Waals surface area contributed by atoms with Crippen LogP contribution in [-0.4, -0.2) is 77.1 Å². The van der Waals surface area contributed by atoms with Crippen LogP contribution in [0, 0.1) is 11.6 Å². The lowest BCUT2D eigenvalue weighted by Gasteiger charge is -2.54. The zero-order valence-corrected chi connectivity index (χ0v) is 22.8. The van der Waals surface area contributed by atoms with Crippen LogP contribution in [-0.2, 0) is 29.1 Å². The van der Waals surface area contributed by atoms with Crippen molar-refractivity contribution < 1.29 is 27.9 Å². The van der Waals surface area contributed by atoms with Gasteiger partial charge in [-0.15, -0.1) is 0 Å². The number of urea groups is 1. The van der Waals surface area contributed by atoms with Crippen LogP contribution < -0.4 is 10.1 Å². The van der Waals surface area contributed by atoms with E-state index in [1.54, 1.807) is 26.3 Å². The summed E-state index contributed by atoms with van der Waals surface area (Å²) in [6.45, 7) is -0.0347. The van der Waals surface area contributed by atoms with E-state index in [4.69, 9.17) is 4.74 Å². The third-order valence-corrected chi connectivity index (χ3v) is 7.40. The van der Waals surface area contributed by atoms with Crippen molar-refractivity contribution in [3.63, 3.8) is 0 Å². The highest BCUT2D eigenvalue weighted by molar-refractivity contribution is 5.91. The van der Waals surface area contributed by atoms with Crippen LogP contribution in [0.25, 0.3) is 0 Å². The Morgan fingerprint density at radius 2 is 1.73 bits per heavy atom. The Labute approximate surface area is 236 Å². The van der Waals surface area contributed by atoms with Gasteiger partial charge in [0, 0.05) is 38.2 Å². The van der Waals surface area contributed by atoms with Crippen LogP contribution in [0.4, 0.5) is 13.6 Å². The molecule has 0 saturated carbocycles. The number of carbonyl (C=O) groups excluding carboxylic acids is 3. The molecule has 0 aromatic heterocycles. The molecule has 214 valence electrons. The average Bonchev–Trinajstić information content (AvgIpc) is 2.96.